The van der Waals surface area contributed by atoms with Crippen molar-refractivity contribution in [2.75, 3.05) is 0 Å². The van der Waals surface area contributed by atoms with E-state index in [1.165, 1.54) is 6.07 Å². The Kier molecular flexibility index (Phi) is 4.57. The van der Waals surface area contributed by atoms with Gasteiger partial charge in [-0.15, -0.1) is 10.2 Å². The second kappa shape index (κ2) is 6.79. The van der Waals surface area contributed by atoms with Crippen molar-refractivity contribution < 1.29 is 9.34 Å². The van der Waals surface area contributed by atoms with E-state index in [1.54, 1.807) is 17.7 Å². The third-order valence-corrected chi connectivity index (χ3v) is 3.68. The Hall–Kier alpha value is -2.74. The van der Waals surface area contributed by atoms with Crippen LogP contribution in [0.15, 0.2) is 34.7 Å². The molecule has 0 radical (unpaired) electrons. The largest absolute Gasteiger partial charge is 0.425 e. The van der Waals surface area contributed by atoms with Crippen LogP contribution in [0.25, 0.3) is 0 Å². The summed E-state index contributed by atoms with van der Waals surface area (Å²) in [6, 6.07) is 8.87. The maximum atomic E-state index is 10.7. The highest BCUT2D eigenvalue weighted by molar-refractivity contribution is 6.30. The molecule has 0 fully saturated rings. The highest BCUT2D eigenvalue weighted by atomic mass is 35.5. The van der Waals surface area contributed by atoms with Gasteiger partial charge in [0.25, 0.3) is 0 Å². The lowest BCUT2D eigenvalue weighted by molar-refractivity contribution is -0.389. The van der Waals surface area contributed by atoms with E-state index in [0.29, 0.717) is 41.9 Å². The molecule has 9 heteroatoms. The lowest BCUT2D eigenvalue weighted by atomic mass is 10.1. The monoisotopic (exact) mass is 347 g/mol. The summed E-state index contributed by atoms with van der Waals surface area (Å²) in [5, 5.41) is 23.3. The number of aryl methyl sites for hydroxylation is 3. The summed E-state index contributed by atoms with van der Waals surface area (Å²) >= 11 is 5.95. The van der Waals surface area contributed by atoms with Gasteiger partial charge in [-0.3, -0.25) is 0 Å². The molecule has 2 heterocycles. The summed E-state index contributed by atoms with van der Waals surface area (Å²) in [6.45, 7) is 2.19. The van der Waals surface area contributed by atoms with E-state index in [4.69, 9.17) is 16.0 Å². The van der Waals surface area contributed by atoms with Crippen LogP contribution in [0.3, 0.4) is 0 Å². The molecule has 0 saturated carbocycles. The van der Waals surface area contributed by atoms with E-state index in [-0.39, 0.29) is 5.82 Å². The molecule has 0 amide bonds. The van der Waals surface area contributed by atoms with E-state index in [2.05, 4.69) is 15.3 Å². The average molecular weight is 348 g/mol. The van der Waals surface area contributed by atoms with Gasteiger partial charge in [0.05, 0.1) is 29.8 Å². The molecule has 0 N–H and O–H groups in total. The molecule has 0 unspecified atom stereocenters. The minimum absolute atomic E-state index is 0.167. The van der Waals surface area contributed by atoms with Gasteiger partial charge in [0, 0.05) is 11.4 Å². The van der Waals surface area contributed by atoms with Crippen molar-refractivity contribution in [3.63, 3.8) is 0 Å². The van der Waals surface area contributed by atoms with E-state index >= 15 is 0 Å². The number of rotatable bonds is 6. The first-order valence-corrected chi connectivity index (χ1v) is 7.63. The van der Waals surface area contributed by atoms with Gasteiger partial charge < -0.3 is 14.5 Å². The molecule has 3 aromatic rings. The second-order valence-corrected chi connectivity index (χ2v) is 5.71. The van der Waals surface area contributed by atoms with E-state index in [9.17, 15) is 10.1 Å². The fourth-order valence-corrected chi connectivity index (χ4v) is 2.51. The first kappa shape index (κ1) is 16.1. The number of hydrogen-bond donors (Lipinski definition) is 0. The molecule has 124 valence electrons. The number of hydrogen-bond acceptors (Lipinski definition) is 6. The van der Waals surface area contributed by atoms with Gasteiger partial charge >= 0.3 is 5.82 Å². The van der Waals surface area contributed by atoms with Crippen LogP contribution in [0.1, 0.15) is 23.0 Å². The van der Waals surface area contributed by atoms with Crippen LogP contribution in [-0.4, -0.2) is 24.9 Å². The Balaban J connectivity index is 1.63. The second-order valence-electron chi connectivity index (χ2n) is 5.27. The first-order chi connectivity index (χ1) is 11.5. The highest BCUT2D eigenvalue weighted by Gasteiger charge is 2.16. The molecule has 0 bridgehead atoms. The van der Waals surface area contributed by atoms with Crippen molar-refractivity contribution in [3.05, 3.63) is 68.5 Å². The molecule has 8 nitrogen and oxygen atoms in total. The minimum atomic E-state index is -0.515. The van der Waals surface area contributed by atoms with Crippen LogP contribution in [0.5, 0.6) is 0 Å². The maximum Gasteiger partial charge on any atom is 0.390 e. The molecule has 0 spiro atoms. The fraction of sp³-hybridized carbons (Fsp3) is 0.267. The summed E-state index contributed by atoms with van der Waals surface area (Å²) in [7, 11) is 0. The Morgan fingerprint density at radius 2 is 2.08 bits per heavy atom. The lowest BCUT2D eigenvalue weighted by Gasteiger charge is -1.98. The van der Waals surface area contributed by atoms with E-state index in [1.807, 2.05) is 18.2 Å². The van der Waals surface area contributed by atoms with Gasteiger partial charge in [-0.1, -0.05) is 23.7 Å². The van der Waals surface area contributed by atoms with Crippen LogP contribution in [0.2, 0.25) is 5.02 Å². The SMILES string of the molecule is Cc1cc([N+](=O)[O-])nn1CCc1nnc(Cc2cccc(Cl)c2)o1. The number of benzene rings is 1. The molecule has 0 aliphatic carbocycles. The number of aromatic nitrogens is 4. The summed E-state index contributed by atoms with van der Waals surface area (Å²) < 4.78 is 7.16. The van der Waals surface area contributed by atoms with Crippen LogP contribution in [0, 0.1) is 17.0 Å². The van der Waals surface area contributed by atoms with Crippen molar-refractivity contribution in [2.24, 2.45) is 0 Å². The maximum absolute atomic E-state index is 10.7. The summed E-state index contributed by atoms with van der Waals surface area (Å²) in [5.41, 5.74) is 1.69. The molecule has 0 aliphatic rings. The standard InChI is InChI=1S/C15H14ClN5O3/c1-10-7-13(21(22)23)19-20(10)6-5-14-17-18-15(24-14)9-11-3-2-4-12(16)8-11/h2-4,7-8H,5-6,9H2,1H3. The Bertz CT molecular complexity index is 874. The van der Waals surface area contributed by atoms with Crippen molar-refractivity contribution >= 4 is 17.4 Å². The predicted octanol–water partition coefficient (Wildman–Crippen LogP) is 2.97. The summed E-state index contributed by atoms with van der Waals surface area (Å²) in [4.78, 5) is 10.2. The quantitative estimate of drug-likeness (QED) is 0.502. The van der Waals surface area contributed by atoms with Gasteiger partial charge in [0.2, 0.25) is 11.8 Å². The molecule has 0 saturated heterocycles. The molecule has 0 aliphatic heterocycles. The van der Waals surface area contributed by atoms with Crippen molar-refractivity contribution in [1.29, 1.82) is 0 Å². The fourth-order valence-electron chi connectivity index (χ4n) is 2.29. The number of nitrogens with zero attached hydrogens (tertiary/aromatic N) is 5. The zero-order valence-electron chi connectivity index (χ0n) is 12.8. The lowest BCUT2D eigenvalue weighted by Crippen LogP contribution is -2.05. The smallest absolute Gasteiger partial charge is 0.390 e. The zero-order chi connectivity index (χ0) is 17.1. The van der Waals surface area contributed by atoms with Crippen LogP contribution >= 0.6 is 11.6 Å². The van der Waals surface area contributed by atoms with Crippen LogP contribution in [-0.2, 0) is 19.4 Å². The number of halogens is 1. The molecule has 3 rings (SSSR count). The molecular formula is C15H14ClN5O3. The molecular weight excluding hydrogens is 334 g/mol. The van der Waals surface area contributed by atoms with Crippen molar-refractivity contribution in [2.45, 2.75) is 26.3 Å². The van der Waals surface area contributed by atoms with Crippen LogP contribution in [0.4, 0.5) is 5.82 Å². The highest BCUT2D eigenvalue weighted by Crippen LogP contribution is 2.15. The molecule has 24 heavy (non-hydrogen) atoms. The minimum Gasteiger partial charge on any atom is -0.425 e. The topological polar surface area (TPSA) is 99.9 Å². The van der Waals surface area contributed by atoms with Gasteiger partial charge in [0.15, 0.2) is 0 Å². The third kappa shape index (κ3) is 3.77. The van der Waals surface area contributed by atoms with Gasteiger partial charge in [0.1, 0.15) is 0 Å². The Morgan fingerprint density at radius 3 is 2.79 bits per heavy atom. The summed E-state index contributed by atoms with van der Waals surface area (Å²) in [5.74, 6) is 0.791. The molecule has 0 atom stereocenters. The normalized spacial score (nSPS) is 10.9. The Labute approximate surface area is 142 Å². The van der Waals surface area contributed by atoms with E-state index < -0.39 is 4.92 Å². The number of nitro groups is 1. The van der Waals surface area contributed by atoms with Gasteiger partial charge in [-0.25, -0.2) is 0 Å². The first-order valence-electron chi connectivity index (χ1n) is 7.26. The van der Waals surface area contributed by atoms with Crippen molar-refractivity contribution in [1.82, 2.24) is 20.0 Å². The summed E-state index contributed by atoms with van der Waals surface area (Å²) in [6.07, 6.45) is 0.946. The third-order valence-electron chi connectivity index (χ3n) is 3.45. The Morgan fingerprint density at radius 1 is 1.29 bits per heavy atom. The van der Waals surface area contributed by atoms with Gasteiger partial charge in [-0.2, -0.15) is 4.68 Å². The average Bonchev–Trinajstić information content (AvgIpc) is 3.12. The van der Waals surface area contributed by atoms with Gasteiger partial charge in [-0.05, 0) is 29.5 Å². The van der Waals surface area contributed by atoms with Crippen LogP contribution < -0.4 is 0 Å². The predicted molar refractivity (Wildman–Crippen MR) is 85.9 cm³/mol. The van der Waals surface area contributed by atoms with E-state index in [0.717, 1.165) is 5.56 Å². The molecule has 2 aromatic heterocycles. The zero-order valence-corrected chi connectivity index (χ0v) is 13.6. The molecule has 1 aromatic carbocycles. The van der Waals surface area contributed by atoms with Crippen molar-refractivity contribution in [3.8, 4) is 0 Å².